The molecule has 1 aromatic carbocycles. The Morgan fingerprint density at radius 1 is 1.19 bits per heavy atom. The van der Waals surface area contributed by atoms with Gasteiger partial charge in [0.1, 0.15) is 0 Å². The predicted molar refractivity (Wildman–Crippen MR) is 64.7 cm³/mol. The van der Waals surface area contributed by atoms with E-state index in [0.717, 1.165) is 16.9 Å². The van der Waals surface area contributed by atoms with Gasteiger partial charge in [-0.15, -0.1) is 0 Å². The van der Waals surface area contributed by atoms with E-state index in [1.807, 2.05) is 38.1 Å². The number of H-pyrrole nitrogens is 1. The number of hydrogen-bond acceptors (Lipinski definition) is 1. The fourth-order valence-corrected chi connectivity index (χ4v) is 1.60. The Labute approximate surface area is 94.5 Å². The Morgan fingerprint density at radius 3 is 2.56 bits per heavy atom. The first-order valence-corrected chi connectivity index (χ1v) is 5.19. The Balaban J connectivity index is 2.21. The largest absolute Gasteiger partial charge is 0.365 e. The van der Waals surface area contributed by atoms with Crippen LogP contribution in [0.3, 0.4) is 0 Å². The zero-order chi connectivity index (χ0) is 11.5. The standard InChI is InChI=1S/C13H14N2O/c1-9-5-3-4-6-12(9)15-13(16)11-7-8-14-10(11)2/h3-8,14H,1-2H3,(H,15,16). The maximum Gasteiger partial charge on any atom is 0.257 e. The van der Waals surface area contributed by atoms with E-state index < -0.39 is 0 Å². The van der Waals surface area contributed by atoms with Crippen molar-refractivity contribution in [2.24, 2.45) is 0 Å². The van der Waals surface area contributed by atoms with Crippen molar-refractivity contribution >= 4 is 11.6 Å². The van der Waals surface area contributed by atoms with Crippen molar-refractivity contribution in [3.8, 4) is 0 Å². The van der Waals surface area contributed by atoms with Crippen LogP contribution in [0.4, 0.5) is 5.69 Å². The van der Waals surface area contributed by atoms with E-state index in [-0.39, 0.29) is 5.91 Å². The van der Waals surface area contributed by atoms with Crippen LogP contribution in [0, 0.1) is 13.8 Å². The maximum absolute atomic E-state index is 11.9. The van der Waals surface area contributed by atoms with E-state index >= 15 is 0 Å². The molecule has 0 bridgehead atoms. The molecule has 0 spiro atoms. The van der Waals surface area contributed by atoms with Crippen molar-refractivity contribution < 1.29 is 4.79 Å². The van der Waals surface area contributed by atoms with Gasteiger partial charge in [0, 0.05) is 17.6 Å². The lowest BCUT2D eigenvalue weighted by atomic mass is 10.2. The highest BCUT2D eigenvalue weighted by Gasteiger charge is 2.10. The van der Waals surface area contributed by atoms with Crippen LogP contribution in [0.15, 0.2) is 36.5 Å². The SMILES string of the molecule is Cc1ccccc1NC(=O)c1cc[nH]c1C. The van der Waals surface area contributed by atoms with Crippen LogP contribution in [0.25, 0.3) is 0 Å². The predicted octanol–water partition coefficient (Wildman–Crippen LogP) is 2.88. The molecule has 2 N–H and O–H groups in total. The van der Waals surface area contributed by atoms with Crippen molar-refractivity contribution in [2.75, 3.05) is 5.32 Å². The molecule has 0 atom stereocenters. The molecule has 3 heteroatoms. The summed E-state index contributed by atoms with van der Waals surface area (Å²) in [4.78, 5) is 14.9. The van der Waals surface area contributed by atoms with Crippen LogP contribution in [-0.2, 0) is 0 Å². The number of amides is 1. The summed E-state index contributed by atoms with van der Waals surface area (Å²) >= 11 is 0. The highest BCUT2D eigenvalue weighted by molar-refractivity contribution is 6.05. The number of nitrogens with one attached hydrogen (secondary N) is 2. The first-order chi connectivity index (χ1) is 7.68. The van der Waals surface area contributed by atoms with Gasteiger partial charge in [0.2, 0.25) is 0 Å². The third kappa shape index (κ3) is 1.98. The van der Waals surface area contributed by atoms with Crippen molar-refractivity contribution in [1.82, 2.24) is 4.98 Å². The Kier molecular flexibility index (Phi) is 2.77. The molecule has 0 aliphatic heterocycles. The second-order valence-electron chi connectivity index (χ2n) is 3.79. The Morgan fingerprint density at radius 2 is 1.94 bits per heavy atom. The molecular formula is C13H14N2O. The molecule has 2 rings (SSSR count). The van der Waals surface area contributed by atoms with Gasteiger partial charge in [-0.25, -0.2) is 0 Å². The molecule has 3 nitrogen and oxygen atoms in total. The molecular weight excluding hydrogens is 200 g/mol. The van der Waals surface area contributed by atoms with Crippen LogP contribution in [0.2, 0.25) is 0 Å². The zero-order valence-electron chi connectivity index (χ0n) is 9.37. The minimum atomic E-state index is -0.0759. The second kappa shape index (κ2) is 4.23. The summed E-state index contributed by atoms with van der Waals surface area (Å²) in [5.41, 5.74) is 3.48. The monoisotopic (exact) mass is 214 g/mol. The molecule has 82 valence electrons. The quantitative estimate of drug-likeness (QED) is 0.793. The summed E-state index contributed by atoms with van der Waals surface area (Å²) in [5.74, 6) is -0.0759. The third-order valence-electron chi connectivity index (χ3n) is 2.59. The highest BCUT2D eigenvalue weighted by atomic mass is 16.1. The molecule has 0 aliphatic carbocycles. The average molecular weight is 214 g/mol. The lowest BCUT2D eigenvalue weighted by Crippen LogP contribution is -2.13. The maximum atomic E-state index is 11.9. The number of aromatic nitrogens is 1. The number of anilines is 1. The fraction of sp³-hybridized carbons (Fsp3) is 0.154. The fourth-order valence-electron chi connectivity index (χ4n) is 1.60. The van der Waals surface area contributed by atoms with Gasteiger partial charge in [-0.05, 0) is 31.5 Å². The van der Waals surface area contributed by atoms with Crippen LogP contribution in [0.5, 0.6) is 0 Å². The minimum absolute atomic E-state index is 0.0759. The van der Waals surface area contributed by atoms with E-state index in [9.17, 15) is 4.79 Å². The van der Waals surface area contributed by atoms with Gasteiger partial charge in [0.25, 0.3) is 5.91 Å². The Hall–Kier alpha value is -2.03. The minimum Gasteiger partial charge on any atom is -0.365 e. The molecule has 2 aromatic rings. The zero-order valence-corrected chi connectivity index (χ0v) is 9.37. The smallest absolute Gasteiger partial charge is 0.257 e. The molecule has 0 unspecified atom stereocenters. The third-order valence-corrected chi connectivity index (χ3v) is 2.59. The van der Waals surface area contributed by atoms with E-state index in [0.29, 0.717) is 5.56 Å². The van der Waals surface area contributed by atoms with Crippen molar-refractivity contribution in [3.05, 3.63) is 53.3 Å². The number of aromatic amines is 1. The number of benzene rings is 1. The van der Waals surface area contributed by atoms with E-state index in [2.05, 4.69) is 10.3 Å². The van der Waals surface area contributed by atoms with Crippen molar-refractivity contribution in [2.45, 2.75) is 13.8 Å². The summed E-state index contributed by atoms with van der Waals surface area (Å²) in [5, 5.41) is 2.89. The molecule has 1 heterocycles. The van der Waals surface area contributed by atoms with Gasteiger partial charge < -0.3 is 10.3 Å². The van der Waals surface area contributed by atoms with Crippen LogP contribution in [0.1, 0.15) is 21.6 Å². The van der Waals surface area contributed by atoms with Gasteiger partial charge in [-0.3, -0.25) is 4.79 Å². The lowest BCUT2D eigenvalue weighted by molar-refractivity contribution is 0.102. The molecule has 0 saturated carbocycles. The van der Waals surface area contributed by atoms with Crippen LogP contribution >= 0.6 is 0 Å². The van der Waals surface area contributed by atoms with Gasteiger partial charge in [0.05, 0.1) is 5.56 Å². The van der Waals surface area contributed by atoms with E-state index in [1.165, 1.54) is 0 Å². The summed E-state index contributed by atoms with van der Waals surface area (Å²) in [7, 11) is 0. The summed E-state index contributed by atoms with van der Waals surface area (Å²) in [6, 6.07) is 9.51. The van der Waals surface area contributed by atoms with Gasteiger partial charge in [-0.2, -0.15) is 0 Å². The van der Waals surface area contributed by atoms with Gasteiger partial charge >= 0.3 is 0 Å². The lowest BCUT2D eigenvalue weighted by Gasteiger charge is -2.07. The van der Waals surface area contributed by atoms with Gasteiger partial charge in [-0.1, -0.05) is 18.2 Å². The normalized spacial score (nSPS) is 10.1. The molecule has 0 radical (unpaired) electrons. The number of aryl methyl sites for hydroxylation is 2. The molecule has 0 aliphatic rings. The molecule has 16 heavy (non-hydrogen) atoms. The molecule has 0 fully saturated rings. The Bertz CT molecular complexity index is 514. The highest BCUT2D eigenvalue weighted by Crippen LogP contribution is 2.15. The summed E-state index contributed by atoms with van der Waals surface area (Å²) in [6.07, 6.45) is 1.77. The molecule has 1 amide bonds. The second-order valence-corrected chi connectivity index (χ2v) is 3.79. The number of carbonyl (C=O) groups is 1. The molecule has 0 saturated heterocycles. The van der Waals surface area contributed by atoms with Crippen molar-refractivity contribution in [1.29, 1.82) is 0 Å². The van der Waals surface area contributed by atoms with E-state index in [1.54, 1.807) is 12.3 Å². The number of para-hydroxylation sites is 1. The number of carbonyl (C=O) groups excluding carboxylic acids is 1. The first kappa shape index (κ1) is 10.5. The number of rotatable bonds is 2. The van der Waals surface area contributed by atoms with Crippen molar-refractivity contribution in [3.63, 3.8) is 0 Å². The van der Waals surface area contributed by atoms with Crippen LogP contribution in [-0.4, -0.2) is 10.9 Å². The molecule has 1 aromatic heterocycles. The average Bonchev–Trinajstić information content (AvgIpc) is 2.68. The van der Waals surface area contributed by atoms with Crippen LogP contribution < -0.4 is 5.32 Å². The number of hydrogen-bond donors (Lipinski definition) is 2. The first-order valence-electron chi connectivity index (χ1n) is 5.19. The topological polar surface area (TPSA) is 44.9 Å². The summed E-state index contributed by atoms with van der Waals surface area (Å²) < 4.78 is 0. The van der Waals surface area contributed by atoms with E-state index in [4.69, 9.17) is 0 Å². The summed E-state index contributed by atoms with van der Waals surface area (Å²) in [6.45, 7) is 3.85. The van der Waals surface area contributed by atoms with Gasteiger partial charge in [0.15, 0.2) is 0 Å².